The van der Waals surface area contributed by atoms with Crippen molar-refractivity contribution in [3.05, 3.63) is 198 Å². The molecule has 0 saturated carbocycles. The number of furan rings is 1. The van der Waals surface area contributed by atoms with Gasteiger partial charge in [0.15, 0.2) is 0 Å². The monoisotopic (exact) mass is 703 g/mol. The van der Waals surface area contributed by atoms with Gasteiger partial charge in [-0.05, 0) is 122 Å². The standard InChI is InChI=1S/C53H37NO/c1-52(2)44-18-10-7-15-37(44)39-25-22-35(30-46(39)52)54-36-23-26-40-38-16-8-11-19-45(38)53(3,47(40)31-36)34-28-43(51-42-17-9-12-20-49(42)55-50(51)29-34)41-24-21-33(27-48(41)54)32-13-5-4-6-14-32/h4-31H,1-3H3. The largest absolute Gasteiger partial charge is 0.456 e. The number of benzene rings is 8. The van der Waals surface area contributed by atoms with Gasteiger partial charge in [-0.1, -0.05) is 135 Å². The summed E-state index contributed by atoms with van der Waals surface area (Å²) in [4.78, 5) is 2.52. The lowest BCUT2D eigenvalue weighted by molar-refractivity contribution is 0.660. The fourth-order valence-corrected chi connectivity index (χ4v) is 10.3. The summed E-state index contributed by atoms with van der Waals surface area (Å²) >= 11 is 0. The summed E-state index contributed by atoms with van der Waals surface area (Å²) in [5.74, 6) is 0. The van der Waals surface area contributed by atoms with Crippen molar-refractivity contribution in [2.75, 3.05) is 4.90 Å². The van der Waals surface area contributed by atoms with Crippen molar-refractivity contribution < 1.29 is 4.42 Å². The van der Waals surface area contributed by atoms with Gasteiger partial charge in [0.1, 0.15) is 11.2 Å². The molecular formula is C53H37NO. The third kappa shape index (κ3) is 4.04. The summed E-state index contributed by atoms with van der Waals surface area (Å²) in [6, 6.07) is 63.3. The highest BCUT2D eigenvalue weighted by Gasteiger charge is 2.43. The van der Waals surface area contributed by atoms with Crippen molar-refractivity contribution in [3.63, 3.8) is 0 Å². The van der Waals surface area contributed by atoms with E-state index >= 15 is 0 Å². The molecule has 2 heterocycles. The van der Waals surface area contributed by atoms with Crippen LogP contribution in [0, 0.1) is 0 Å². The van der Waals surface area contributed by atoms with Gasteiger partial charge in [0.2, 0.25) is 0 Å². The van der Waals surface area contributed by atoms with Crippen molar-refractivity contribution >= 4 is 39.0 Å². The number of rotatable bonds is 2. The number of fused-ring (bicyclic) bond motifs is 16. The second kappa shape index (κ2) is 10.7. The van der Waals surface area contributed by atoms with Crippen LogP contribution in [0.4, 0.5) is 17.1 Å². The highest BCUT2D eigenvalue weighted by Crippen LogP contribution is 2.58. The minimum atomic E-state index is -0.404. The number of hydrogen-bond acceptors (Lipinski definition) is 2. The van der Waals surface area contributed by atoms with E-state index in [1.165, 1.54) is 72.3 Å². The quantitative estimate of drug-likeness (QED) is 0.178. The molecule has 1 aromatic heterocycles. The van der Waals surface area contributed by atoms with Gasteiger partial charge in [0.25, 0.3) is 0 Å². The first-order valence-corrected chi connectivity index (χ1v) is 19.3. The first kappa shape index (κ1) is 30.8. The predicted molar refractivity (Wildman–Crippen MR) is 228 cm³/mol. The first-order chi connectivity index (χ1) is 26.9. The number of nitrogens with zero attached hydrogens (tertiary/aromatic N) is 1. The Balaban J connectivity index is 1.23. The van der Waals surface area contributed by atoms with E-state index in [9.17, 15) is 0 Å². The Hall–Kier alpha value is -6.64. The van der Waals surface area contributed by atoms with Gasteiger partial charge >= 0.3 is 0 Å². The third-order valence-electron chi connectivity index (χ3n) is 13.1. The molecule has 0 fully saturated rings. The molecule has 0 radical (unpaired) electrons. The van der Waals surface area contributed by atoms with E-state index in [2.05, 4.69) is 196 Å². The molecule has 3 aliphatic rings. The highest BCUT2D eigenvalue weighted by atomic mass is 16.3. The molecule has 8 aromatic carbocycles. The molecule has 9 aromatic rings. The Bertz CT molecular complexity index is 3090. The maximum atomic E-state index is 6.79. The van der Waals surface area contributed by atoms with Gasteiger partial charge < -0.3 is 9.32 Å². The van der Waals surface area contributed by atoms with Crippen LogP contribution in [0.5, 0.6) is 0 Å². The van der Waals surface area contributed by atoms with E-state index in [4.69, 9.17) is 4.42 Å². The van der Waals surface area contributed by atoms with Gasteiger partial charge in [-0.25, -0.2) is 0 Å². The first-order valence-electron chi connectivity index (χ1n) is 19.3. The molecule has 12 rings (SSSR count). The summed E-state index contributed by atoms with van der Waals surface area (Å²) in [7, 11) is 0. The Morgan fingerprint density at radius 2 is 1.04 bits per heavy atom. The van der Waals surface area contributed by atoms with E-state index in [0.29, 0.717) is 0 Å². The Morgan fingerprint density at radius 1 is 0.418 bits per heavy atom. The molecule has 0 amide bonds. The second-order valence-corrected chi connectivity index (χ2v) is 16.2. The average Bonchev–Trinajstić information content (AvgIpc) is 3.81. The minimum absolute atomic E-state index is 0.137. The fourth-order valence-electron chi connectivity index (χ4n) is 10.3. The van der Waals surface area contributed by atoms with E-state index in [1.807, 2.05) is 0 Å². The third-order valence-corrected chi connectivity index (χ3v) is 13.1. The maximum Gasteiger partial charge on any atom is 0.136 e. The lowest BCUT2D eigenvalue weighted by Crippen LogP contribution is -2.24. The average molecular weight is 704 g/mol. The molecule has 260 valence electrons. The SMILES string of the molecule is CC1(C)c2ccccc2-c2ccc(N3c4ccc5c(c4)C(C)(c4cc(c6c(c4)oc4ccccc46)-c4ccc(-c6ccccc6)cc43)c3ccccc3-5)cc21. The van der Waals surface area contributed by atoms with Crippen LogP contribution < -0.4 is 4.90 Å². The number of para-hydroxylation sites is 1. The van der Waals surface area contributed by atoms with E-state index in [0.717, 1.165) is 39.0 Å². The van der Waals surface area contributed by atoms with Gasteiger partial charge in [0.05, 0.1) is 5.69 Å². The Morgan fingerprint density at radius 3 is 1.84 bits per heavy atom. The molecule has 2 heteroatoms. The topological polar surface area (TPSA) is 16.4 Å². The predicted octanol–water partition coefficient (Wildman–Crippen LogP) is 14.3. The molecular weight excluding hydrogens is 667 g/mol. The lowest BCUT2D eigenvalue weighted by atomic mass is 9.73. The summed E-state index contributed by atoms with van der Waals surface area (Å²) in [6.07, 6.45) is 0. The highest BCUT2D eigenvalue weighted by molar-refractivity contribution is 6.15. The van der Waals surface area contributed by atoms with Crippen molar-refractivity contribution in [2.24, 2.45) is 0 Å². The Labute approximate surface area is 320 Å². The zero-order valence-corrected chi connectivity index (χ0v) is 31.0. The van der Waals surface area contributed by atoms with Crippen LogP contribution in [0.25, 0.3) is 66.4 Å². The molecule has 2 aliphatic carbocycles. The molecule has 4 bridgehead atoms. The van der Waals surface area contributed by atoms with Crippen LogP contribution in [0.2, 0.25) is 0 Å². The van der Waals surface area contributed by atoms with Crippen LogP contribution in [-0.2, 0) is 10.8 Å². The molecule has 2 nitrogen and oxygen atoms in total. The van der Waals surface area contributed by atoms with Crippen molar-refractivity contribution in [1.29, 1.82) is 0 Å². The lowest BCUT2D eigenvalue weighted by Gasteiger charge is -2.34. The van der Waals surface area contributed by atoms with Gasteiger partial charge in [-0.15, -0.1) is 0 Å². The molecule has 1 aliphatic heterocycles. The van der Waals surface area contributed by atoms with Gasteiger partial charge in [0, 0.05) is 38.5 Å². The molecule has 55 heavy (non-hydrogen) atoms. The van der Waals surface area contributed by atoms with Crippen molar-refractivity contribution in [2.45, 2.75) is 31.6 Å². The van der Waals surface area contributed by atoms with E-state index < -0.39 is 5.41 Å². The van der Waals surface area contributed by atoms with E-state index in [-0.39, 0.29) is 5.41 Å². The fraction of sp³-hybridized carbons (Fsp3) is 0.0943. The molecule has 1 atom stereocenters. The van der Waals surface area contributed by atoms with Gasteiger partial charge in [-0.2, -0.15) is 0 Å². The molecule has 0 spiro atoms. The summed E-state index contributed by atoms with van der Waals surface area (Å²) in [5, 5.41) is 2.28. The molecule has 0 N–H and O–H groups in total. The zero-order valence-electron chi connectivity index (χ0n) is 31.0. The van der Waals surface area contributed by atoms with Gasteiger partial charge in [-0.3, -0.25) is 0 Å². The van der Waals surface area contributed by atoms with Crippen LogP contribution in [0.3, 0.4) is 0 Å². The second-order valence-electron chi connectivity index (χ2n) is 16.2. The minimum Gasteiger partial charge on any atom is -0.456 e. The van der Waals surface area contributed by atoms with Crippen LogP contribution in [-0.4, -0.2) is 0 Å². The number of hydrogen-bond donors (Lipinski definition) is 0. The van der Waals surface area contributed by atoms with E-state index in [1.54, 1.807) is 0 Å². The summed E-state index contributed by atoms with van der Waals surface area (Å²) in [5.41, 5.74) is 21.3. The van der Waals surface area contributed by atoms with Crippen molar-refractivity contribution in [1.82, 2.24) is 0 Å². The zero-order chi connectivity index (χ0) is 36.6. The van der Waals surface area contributed by atoms with Crippen LogP contribution in [0.1, 0.15) is 48.6 Å². The Kier molecular flexibility index (Phi) is 6.01. The van der Waals surface area contributed by atoms with Crippen LogP contribution in [0.15, 0.2) is 174 Å². The number of anilines is 3. The molecule has 1 unspecified atom stereocenters. The van der Waals surface area contributed by atoms with Crippen molar-refractivity contribution in [3.8, 4) is 44.5 Å². The summed E-state index contributed by atoms with van der Waals surface area (Å²) < 4.78 is 6.79. The van der Waals surface area contributed by atoms with Crippen LogP contribution >= 0.6 is 0 Å². The molecule has 0 saturated heterocycles. The normalized spacial score (nSPS) is 16.8. The summed E-state index contributed by atoms with van der Waals surface area (Å²) in [6.45, 7) is 7.15. The maximum absolute atomic E-state index is 6.79. The smallest absolute Gasteiger partial charge is 0.136 e.